The highest BCUT2D eigenvalue weighted by Crippen LogP contribution is 2.28. The molecule has 3 nitrogen and oxygen atoms in total. The number of ether oxygens (including phenoxy) is 1. The van der Waals surface area contributed by atoms with Crippen molar-refractivity contribution in [2.24, 2.45) is 0 Å². The molecule has 1 heterocycles. The van der Waals surface area contributed by atoms with Crippen LogP contribution >= 0.6 is 15.9 Å². The number of carbonyl (C=O) groups is 1. The maximum atomic E-state index is 12.1. The van der Waals surface area contributed by atoms with Crippen LogP contribution < -0.4 is 0 Å². The molecule has 0 spiro atoms. The summed E-state index contributed by atoms with van der Waals surface area (Å²) in [5, 5.41) is 0. The lowest BCUT2D eigenvalue weighted by Crippen LogP contribution is -2.39. The van der Waals surface area contributed by atoms with Gasteiger partial charge in [0.15, 0.2) is 0 Å². The van der Waals surface area contributed by atoms with Gasteiger partial charge in [0, 0.05) is 17.6 Å². The molecule has 1 aliphatic rings. The molecule has 4 heteroatoms. The first-order valence-electron chi connectivity index (χ1n) is 7.76. The second-order valence-electron chi connectivity index (χ2n) is 6.56. The molecular formula is C18H24BrNO2. The lowest BCUT2D eigenvalue weighted by Gasteiger charge is -2.30. The summed E-state index contributed by atoms with van der Waals surface area (Å²) in [7, 11) is 0. The Morgan fingerprint density at radius 1 is 1.36 bits per heavy atom. The van der Waals surface area contributed by atoms with E-state index in [9.17, 15) is 4.79 Å². The molecule has 0 saturated carbocycles. The van der Waals surface area contributed by atoms with E-state index in [2.05, 4.69) is 47.1 Å². The van der Waals surface area contributed by atoms with Crippen molar-refractivity contribution in [2.45, 2.75) is 46.1 Å². The van der Waals surface area contributed by atoms with E-state index in [1.54, 1.807) is 4.90 Å². The average Bonchev–Trinajstić information content (AvgIpc) is 2.45. The minimum absolute atomic E-state index is 0.227. The standard InChI is InChI=1S/C18H24BrNO2/c1-5-13-12-15(19)6-7-16(13)14-8-10-20(11-9-14)17(21)22-18(2,3)4/h6-8,12H,5,9-11H2,1-4H3. The number of rotatable bonds is 2. The topological polar surface area (TPSA) is 29.5 Å². The zero-order chi connectivity index (χ0) is 16.3. The first kappa shape index (κ1) is 17.1. The molecule has 0 unspecified atom stereocenters. The monoisotopic (exact) mass is 365 g/mol. The van der Waals surface area contributed by atoms with Crippen molar-refractivity contribution < 1.29 is 9.53 Å². The Bertz CT molecular complexity index is 587. The predicted molar refractivity (Wildman–Crippen MR) is 93.9 cm³/mol. The van der Waals surface area contributed by atoms with E-state index in [-0.39, 0.29) is 6.09 Å². The van der Waals surface area contributed by atoms with Gasteiger partial charge in [-0.1, -0.05) is 35.0 Å². The first-order chi connectivity index (χ1) is 10.3. The second kappa shape index (κ2) is 6.86. The molecule has 22 heavy (non-hydrogen) atoms. The maximum absolute atomic E-state index is 12.1. The average molecular weight is 366 g/mol. The number of hydrogen-bond donors (Lipinski definition) is 0. The molecule has 1 aromatic rings. The van der Waals surface area contributed by atoms with E-state index in [1.807, 2.05) is 20.8 Å². The molecular weight excluding hydrogens is 342 g/mol. The number of benzene rings is 1. The van der Waals surface area contributed by atoms with Crippen molar-refractivity contribution in [2.75, 3.05) is 13.1 Å². The van der Waals surface area contributed by atoms with Crippen molar-refractivity contribution in [3.8, 4) is 0 Å². The number of hydrogen-bond acceptors (Lipinski definition) is 2. The molecule has 1 aliphatic heterocycles. The molecule has 0 aromatic heterocycles. The fraction of sp³-hybridized carbons (Fsp3) is 0.500. The van der Waals surface area contributed by atoms with Crippen LogP contribution in [0.5, 0.6) is 0 Å². The van der Waals surface area contributed by atoms with Gasteiger partial charge in [0.05, 0.1) is 0 Å². The van der Waals surface area contributed by atoms with Crippen LogP contribution in [0.1, 0.15) is 45.2 Å². The highest BCUT2D eigenvalue weighted by molar-refractivity contribution is 9.10. The Hall–Kier alpha value is -1.29. The molecule has 0 fully saturated rings. The van der Waals surface area contributed by atoms with Crippen molar-refractivity contribution in [1.29, 1.82) is 0 Å². The number of carbonyl (C=O) groups excluding carboxylic acids is 1. The van der Waals surface area contributed by atoms with Crippen LogP contribution in [-0.2, 0) is 11.2 Å². The molecule has 0 saturated heterocycles. The van der Waals surface area contributed by atoms with Crippen molar-refractivity contribution in [3.05, 3.63) is 39.9 Å². The predicted octanol–water partition coefficient (Wildman–Crippen LogP) is 5.04. The van der Waals surface area contributed by atoms with Gasteiger partial charge in [-0.25, -0.2) is 4.79 Å². The van der Waals surface area contributed by atoms with Gasteiger partial charge in [0.1, 0.15) is 5.60 Å². The smallest absolute Gasteiger partial charge is 0.410 e. The molecule has 2 rings (SSSR count). The van der Waals surface area contributed by atoms with E-state index in [0.29, 0.717) is 13.1 Å². The molecule has 120 valence electrons. The highest BCUT2D eigenvalue weighted by Gasteiger charge is 2.24. The molecule has 0 aliphatic carbocycles. The van der Waals surface area contributed by atoms with Crippen LogP contribution in [0.25, 0.3) is 5.57 Å². The third-order valence-corrected chi connectivity index (χ3v) is 4.15. The first-order valence-corrected chi connectivity index (χ1v) is 8.55. The quantitative estimate of drug-likeness (QED) is 0.734. The van der Waals surface area contributed by atoms with Crippen molar-refractivity contribution >= 4 is 27.6 Å². The van der Waals surface area contributed by atoms with Crippen LogP contribution in [0.15, 0.2) is 28.7 Å². The largest absolute Gasteiger partial charge is 0.444 e. The molecule has 1 amide bonds. The summed E-state index contributed by atoms with van der Waals surface area (Å²) in [6.07, 6.45) is 3.79. The molecule has 0 atom stereocenters. The summed E-state index contributed by atoms with van der Waals surface area (Å²) < 4.78 is 6.54. The summed E-state index contributed by atoms with van der Waals surface area (Å²) in [6.45, 7) is 9.17. The second-order valence-corrected chi connectivity index (χ2v) is 7.48. The van der Waals surface area contributed by atoms with Crippen LogP contribution in [-0.4, -0.2) is 29.7 Å². The number of aryl methyl sites for hydroxylation is 1. The Labute approximate surface area is 141 Å². The van der Waals surface area contributed by atoms with E-state index in [0.717, 1.165) is 17.3 Å². The Balaban J connectivity index is 2.10. The van der Waals surface area contributed by atoms with E-state index >= 15 is 0 Å². The van der Waals surface area contributed by atoms with E-state index < -0.39 is 5.60 Å². The van der Waals surface area contributed by atoms with Crippen LogP contribution in [0.2, 0.25) is 0 Å². The van der Waals surface area contributed by atoms with Crippen molar-refractivity contribution in [1.82, 2.24) is 4.90 Å². The van der Waals surface area contributed by atoms with Crippen LogP contribution in [0, 0.1) is 0 Å². The van der Waals surface area contributed by atoms with Gasteiger partial charge < -0.3 is 9.64 Å². The zero-order valence-electron chi connectivity index (χ0n) is 13.8. The summed E-state index contributed by atoms with van der Waals surface area (Å²) in [4.78, 5) is 13.9. The Kier molecular flexibility index (Phi) is 5.32. The van der Waals surface area contributed by atoms with E-state index in [1.165, 1.54) is 16.7 Å². The fourth-order valence-corrected chi connectivity index (χ4v) is 2.98. The Morgan fingerprint density at radius 3 is 2.64 bits per heavy atom. The normalized spacial score (nSPS) is 15.5. The van der Waals surface area contributed by atoms with Gasteiger partial charge in [-0.05, 0) is 62.4 Å². The lowest BCUT2D eigenvalue weighted by atomic mass is 9.94. The highest BCUT2D eigenvalue weighted by atomic mass is 79.9. The number of nitrogens with zero attached hydrogens (tertiary/aromatic N) is 1. The maximum Gasteiger partial charge on any atom is 0.410 e. The number of amides is 1. The molecule has 0 radical (unpaired) electrons. The minimum atomic E-state index is -0.442. The van der Waals surface area contributed by atoms with Crippen LogP contribution in [0.4, 0.5) is 4.79 Å². The summed E-state index contributed by atoms with van der Waals surface area (Å²) in [5.74, 6) is 0. The third kappa shape index (κ3) is 4.35. The minimum Gasteiger partial charge on any atom is -0.444 e. The zero-order valence-corrected chi connectivity index (χ0v) is 15.4. The van der Waals surface area contributed by atoms with Gasteiger partial charge >= 0.3 is 6.09 Å². The van der Waals surface area contributed by atoms with Gasteiger partial charge in [0.2, 0.25) is 0 Å². The fourth-order valence-electron chi connectivity index (χ4n) is 2.57. The summed E-state index contributed by atoms with van der Waals surface area (Å²) in [6, 6.07) is 6.42. The summed E-state index contributed by atoms with van der Waals surface area (Å²) in [5.41, 5.74) is 3.52. The van der Waals surface area contributed by atoms with E-state index in [4.69, 9.17) is 4.74 Å². The molecule has 0 bridgehead atoms. The number of halogens is 1. The Morgan fingerprint density at radius 2 is 2.09 bits per heavy atom. The third-order valence-electron chi connectivity index (χ3n) is 3.65. The SMILES string of the molecule is CCc1cc(Br)ccc1C1=CCN(C(=O)OC(C)(C)C)CC1. The van der Waals surface area contributed by atoms with Gasteiger partial charge in [-0.3, -0.25) is 0 Å². The van der Waals surface area contributed by atoms with Crippen molar-refractivity contribution in [3.63, 3.8) is 0 Å². The lowest BCUT2D eigenvalue weighted by molar-refractivity contribution is 0.0270. The molecule has 1 aromatic carbocycles. The van der Waals surface area contributed by atoms with Gasteiger partial charge in [0.25, 0.3) is 0 Å². The summed E-state index contributed by atoms with van der Waals surface area (Å²) >= 11 is 3.53. The van der Waals surface area contributed by atoms with Crippen LogP contribution in [0.3, 0.4) is 0 Å². The van der Waals surface area contributed by atoms with Gasteiger partial charge in [-0.15, -0.1) is 0 Å². The molecule has 0 N–H and O–H groups in total. The van der Waals surface area contributed by atoms with Gasteiger partial charge in [-0.2, -0.15) is 0 Å².